The fourth-order valence-electron chi connectivity index (χ4n) is 1.69. The minimum absolute atomic E-state index is 0.345. The summed E-state index contributed by atoms with van der Waals surface area (Å²) in [7, 11) is 0. The largest absolute Gasteiger partial charge is 0.463 e. The summed E-state index contributed by atoms with van der Waals surface area (Å²) in [5.74, 6) is 0.113. The molecule has 2 nitrogen and oxygen atoms in total. The molecule has 0 radical (unpaired) electrons. The maximum atomic E-state index is 10.9. The Labute approximate surface area is 96.9 Å². The zero-order valence-electron chi connectivity index (χ0n) is 9.69. The molecule has 0 aliphatic carbocycles. The number of hydrogen-bond acceptors (Lipinski definition) is 2. The van der Waals surface area contributed by atoms with Crippen LogP contribution in [0.4, 0.5) is 0 Å². The van der Waals surface area contributed by atoms with Crippen LogP contribution in [-0.4, -0.2) is 12.6 Å². The molecule has 1 unspecified atom stereocenters. The van der Waals surface area contributed by atoms with Crippen LogP contribution in [0.2, 0.25) is 0 Å². The van der Waals surface area contributed by atoms with E-state index in [0.29, 0.717) is 12.5 Å². The summed E-state index contributed by atoms with van der Waals surface area (Å²) < 4.78 is 4.99. The first-order valence-corrected chi connectivity index (χ1v) is 5.62. The van der Waals surface area contributed by atoms with Gasteiger partial charge in [-0.2, -0.15) is 0 Å². The SMILES string of the molecule is C=CC(=O)OCCC(CC)c1ccccc1. The van der Waals surface area contributed by atoms with Crippen LogP contribution in [0.5, 0.6) is 0 Å². The van der Waals surface area contributed by atoms with E-state index in [-0.39, 0.29) is 5.97 Å². The first kappa shape index (κ1) is 12.5. The van der Waals surface area contributed by atoms with Crippen molar-refractivity contribution in [1.29, 1.82) is 0 Å². The van der Waals surface area contributed by atoms with Crippen molar-refractivity contribution in [2.75, 3.05) is 6.61 Å². The second-order valence-electron chi connectivity index (χ2n) is 3.68. The van der Waals surface area contributed by atoms with Crippen LogP contribution < -0.4 is 0 Å². The van der Waals surface area contributed by atoms with E-state index in [2.05, 4.69) is 25.6 Å². The third-order valence-electron chi connectivity index (χ3n) is 2.64. The third-order valence-corrected chi connectivity index (χ3v) is 2.64. The van der Waals surface area contributed by atoms with Gasteiger partial charge in [0.05, 0.1) is 6.61 Å². The molecular formula is C14H18O2. The highest BCUT2D eigenvalue weighted by molar-refractivity contribution is 5.81. The van der Waals surface area contributed by atoms with Crippen molar-refractivity contribution in [2.24, 2.45) is 0 Å². The average molecular weight is 218 g/mol. The Morgan fingerprint density at radius 2 is 2.12 bits per heavy atom. The van der Waals surface area contributed by atoms with Crippen LogP contribution in [0, 0.1) is 0 Å². The fraction of sp³-hybridized carbons (Fsp3) is 0.357. The van der Waals surface area contributed by atoms with E-state index in [4.69, 9.17) is 4.74 Å². The van der Waals surface area contributed by atoms with Gasteiger partial charge in [-0.3, -0.25) is 0 Å². The molecule has 1 aromatic carbocycles. The number of carbonyl (C=O) groups is 1. The zero-order valence-corrected chi connectivity index (χ0v) is 9.69. The number of hydrogen-bond donors (Lipinski definition) is 0. The second kappa shape index (κ2) is 6.83. The van der Waals surface area contributed by atoms with Gasteiger partial charge in [0.15, 0.2) is 0 Å². The smallest absolute Gasteiger partial charge is 0.330 e. The van der Waals surface area contributed by atoms with Gasteiger partial charge in [0.25, 0.3) is 0 Å². The molecule has 0 fully saturated rings. The van der Waals surface area contributed by atoms with Crippen LogP contribution >= 0.6 is 0 Å². The van der Waals surface area contributed by atoms with E-state index in [0.717, 1.165) is 12.8 Å². The van der Waals surface area contributed by atoms with E-state index < -0.39 is 0 Å². The van der Waals surface area contributed by atoms with E-state index in [1.54, 1.807) is 0 Å². The molecule has 0 amide bonds. The molecule has 2 heteroatoms. The molecule has 1 aromatic rings. The van der Waals surface area contributed by atoms with E-state index in [1.165, 1.54) is 11.6 Å². The Morgan fingerprint density at radius 1 is 1.44 bits per heavy atom. The summed E-state index contributed by atoms with van der Waals surface area (Å²) in [6, 6.07) is 10.3. The molecule has 0 aromatic heterocycles. The number of esters is 1. The number of carbonyl (C=O) groups excluding carboxylic acids is 1. The average Bonchev–Trinajstić information content (AvgIpc) is 2.35. The Kier molecular flexibility index (Phi) is 5.34. The van der Waals surface area contributed by atoms with Crippen molar-refractivity contribution in [3.8, 4) is 0 Å². The number of rotatable bonds is 6. The maximum absolute atomic E-state index is 10.9. The maximum Gasteiger partial charge on any atom is 0.330 e. The molecule has 86 valence electrons. The first-order valence-electron chi connectivity index (χ1n) is 5.62. The van der Waals surface area contributed by atoms with Crippen LogP contribution in [0.25, 0.3) is 0 Å². The number of benzene rings is 1. The molecule has 0 aliphatic rings. The van der Waals surface area contributed by atoms with Crippen molar-refractivity contribution in [3.63, 3.8) is 0 Å². The second-order valence-corrected chi connectivity index (χ2v) is 3.68. The van der Waals surface area contributed by atoms with Crippen LogP contribution in [0.1, 0.15) is 31.2 Å². The van der Waals surface area contributed by atoms with Gasteiger partial charge in [-0.05, 0) is 24.3 Å². The molecule has 0 bridgehead atoms. The highest BCUT2D eigenvalue weighted by Gasteiger charge is 2.09. The molecule has 0 spiro atoms. The molecular weight excluding hydrogens is 200 g/mol. The zero-order chi connectivity index (χ0) is 11.8. The van der Waals surface area contributed by atoms with Crippen LogP contribution in [0.15, 0.2) is 43.0 Å². The molecule has 1 rings (SSSR count). The minimum atomic E-state index is -0.345. The van der Waals surface area contributed by atoms with Gasteiger partial charge in [0, 0.05) is 6.08 Å². The Morgan fingerprint density at radius 3 is 2.69 bits per heavy atom. The lowest BCUT2D eigenvalue weighted by Gasteiger charge is -2.14. The predicted octanol–water partition coefficient (Wildman–Crippen LogP) is 3.30. The van der Waals surface area contributed by atoms with E-state index in [1.807, 2.05) is 18.2 Å². The Bertz CT molecular complexity index is 330. The van der Waals surface area contributed by atoms with Crippen LogP contribution in [0.3, 0.4) is 0 Å². The summed E-state index contributed by atoms with van der Waals surface area (Å²) in [5.41, 5.74) is 1.31. The monoisotopic (exact) mass is 218 g/mol. The van der Waals surface area contributed by atoms with Crippen molar-refractivity contribution in [1.82, 2.24) is 0 Å². The van der Waals surface area contributed by atoms with Gasteiger partial charge < -0.3 is 4.74 Å². The van der Waals surface area contributed by atoms with E-state index >= 15 is 0 Å². The number of ether oxygens (including phenoxy) is 1. The van der Waals surface area contributed by atoms with Crippen molar-refractivity contribution < 1.29 is 9.53 Å². The summed E-state index contributed by atoms with van der Waals surface area (Å²) in [5, 5.41) is 0. The van der Waals surface area contributed by atoms with Crippen molar-refractivity contribution in [2.45, 2.75) is 25.7 Å². The third kappa shape index (κ3) is 3.89. The lowest BCUT2D eigenvalue weighted by Crippen LogP contribution is -2.06. The Hall–Kier alpha value is -1.57. The normalized spacial score (nSPS) is 11.8. The van der Waals surface area contributed by atoms with Gasteiger partial charge in [0.2, 0.25) is 0 Å². The van der Waals surface area contributed by atoms with Gasteiger partial charge in [-0.25, -0.2) is 4.79 Å². The molecule has 0 N–H and O–H groups in total. The van der Waals surface area contributed by atoms with Gasteiger partial charge in [-0.1, -0.05) is 43.8 Å². The quantitative estimate of drug-likeness (QED) is 0.541. The van der Waals surface area contributed by atoms with Crippen LogP contribution in [-0.2, 0) is 9.53 Å². The molecule has 1 atom stereocenters. The summed E-state index contributed by atoms with van der Waals surface area (Å²) in [6.45, 7) is 5.96. The highest BCUT2D eigenvalue weighted by atomic mass is 16.5. The standard InChI is InChI=1S/C14H18O2/c1-3-12(10-11-16-14(15)4-2)13-8-6-5-7-9-13/h4-9,12H,2-3,10-11H2,1H3. The summed E-state index contributed by atoms with van der Waals surface area (Å²) >= 11 is 0. The molecule has 16 heavy (non-hydrogen) atoms. The summed E-state index contributed by atoms with van der Waals surface area (Å²) in [6.07, 6.45) is 3.11. The predicted molar refractivity (Wildman–Crippen MR) is 65.2 cm³/mol. The highest BCUT2D eigenvalue weighted by Crippen LogP contribution is 2.22. The lowest BCUT2D eigenvalue weighted by molar-refractivity contribution is -0.137. The lowest BCUT2D eigenvalue weighted by atomic mass is 9.94. The van der Waals surface area contributed by atoms with E-state index in [9.17, 15) is 4.79 Å². The Balaban J connectivity index is 2.44. The molecule has 0 heterocycles. The van der Waals surface area contributed by atoms with Gasteiger partial charge >= 0.3 is 5.97 Å². The van der Waals surface area contributed by atoms with Gasteiger partial charge in [-0.15, -0.1) is 0 Å². The molecule has 0 aliphatic heterocycles. The first-order chi connectivity index (χ1) is 7.77. The minimum Gasteiger partial charge on any atom is -0.463 e. The molecule has 0 saturated heterocycles. The molecule has 0 saturated carbocycles. The van der Waals surface area contributed by atoms with Crippen molar-refractivity contribution in [3.05, 3.63) is 48.6 Å². The van der Waals surface area contributed by atoms with Gasteiger partial charge in [0.1, 0.15) is 0 Å². The fourth-order valence-corrected chi connectivity index (χ4v) is 1.69. The topological polar surface area (TPSA) is 26.3 Å². The summed E-state index contributed by atoms with van der Waals surface area (Å²) in [4.78, 5) is 10.9. The van der Waals surface area contributed by atoms with Crippen molar-refractivity contribution >= 4 is 5.97 Å².